The molecule has 128 valence electrons. The van der Waals surface area contributed by atoms with Gasteiger partial charge in [-0.3, -0.25) is 0 Å². The minimum absolute atomic E-state index is 0.509. The first-order valence-electron chi connectivity index (χ1n) is 8.63. The molecule has 25 heavy (non-hydrogen) atoms. The normalized spacial score (nSPS) is 12.0. The summed E-state index contributed by atoms with van der Waals surface area (Å²) in [5.74, 6) is 0.811. The number of hydrogen-bond donors (Lipinski definition) is 1. The van der Waals surface area contributed by atoms with Gasteiger partial charge >= 0.3 is 0 Å². The summed E-state index contributed by atoms with van der Waals surface area (Å²) in [7, 11) is 0. The summed E-state index contributed by atoms with van der Waals surface area (Å²) in [5, 5.41) is 10.5. The maximum atomic E-state index is 10.5. The van der Waals surface area contributed by atoms with E-state index in [1.807, 2.05) is 54.6 Å². The molecule has 0 saturated carbocycles. The molecule has 1 unspecified atom stereocenters. The van der Waals surface area contributed by atoms with Crippen molar-refractivity contribution in [1.82, 2.24) is 0 Å². The second-order valence-electron chi connectivity index (χ2n) is 6.48. The van der Waals surface area contributed by atoms with Gasteiger partial charge in [-0.15, -0.1) is 0 Å². The third-order valence-electron chi connectivity index (χ3n) is 4.51. The predicted molar refractivity (Wildman–Crippen MR) is 102 cm³/mol. The van der Waals surface area contributed by atoms with E-state index in [0.29, 0.717) is 13.0 Å². The second kappa shape index (κ2) is 8.00. The van der Waals surface area contributed by atoms with Crippen LogP contribution < -0.4 is 4.74 Å². The van der Waals surface area contributed by atoms with Crippen molar-refractivity contribution in [2.24, 2.45) is 0 Å². The zero-order valence-electron chi connectivity index (χ0n) is 14.8. The largest absolute Gasteiger partial charge is 0.489 e. The average molecular weight is 332 g/mol. The van der Waals surface area contributed by atoms with Crippen LogP contribution in [0.5, 0.6) is 5.75 Å². The molecule has 0 aliphatic rings. The quantitative estimate of drug-likeness (QED) is 0.676. The van der Waals surface area contributed by atoms with Crippen LogP contribution in [0.2, 0.25) is 0 Å². The van der Waals surface area contributed by atoms with E-state index in [1.165, 1.54) is 11.1 Å². The van der Waals surface area contributed by atoms with Gasteiger partial charge in [-0.05, 0) is 53.8 Å². The smallest absolute Gasteiger partial charge is 0.119 e. The van der Waals surface area contributed by atoms with Gasteiger partial charge in [0.1, 0.15) is 12.4 Å². The molecule has 0 aliphatic carbocycles. The van der Waals surface area contributed by atoms with Crippen molar-refractivity contribution in [2.45, 2.75) is 33.0 Å². The summed E-state index contributed by atoms with van der Waals surface area (Å²) in [4.78, 5) is 0. The molecule has 3 rings (SSSR count). The van der Waals surface area contributed by atoms with Gasteiger partial charge in [-0.2, -0.15) is 0 Å². The Balaban J connectivity index is 1.60. The molecule has 1 atom stereocenters. The van der Waals surface area contributed by atoms with Gasteiger partial charge in [0.15, 0.2) is 0 Å². The lowest BCUT2D eigenvalue weighted by atomic mass is 9.98. The van der Waals surface area contributed by atoms with E-state index in [0.717, 1.165) is 22.4 Å². The minimum atomic E-state index is -0.509. The number of aryl methyl sites for hydroxylation is 2. The monoisotopic (exact) mass is 332 g/mol. The summed E-state index contributed by atoms with van der Waals surface area (Å²) in [6, 6.07) is 24.1. The SMILES string of the molecule is Cc1ccc(CC(O)c2ccc(OCc3ccccc3)cc2)cc1C. The van der Waals surface area contributed by atoms with Crippen molar-refractivity contribution in [2.75, 3.05) is 0 Å². The number of aliphatic hydroxyl groups is 1. The zero-order chi connectivity index (χ0) is 17.6. The molecule has 2 heteroatoms. The molecule has 1 N–H and O–H groups in total. The summed E-state index contributed by atoms with van der Waals surface area (Å²) in [6.45, 7) is 4.75. The fourth-order valence-corrected chi connectivity index (χ4v) is 2.80. The van der Waals surface area contributed by atoms with Gasteiger partial charge < -0.3 is 9.84 Å². The Labute approximate surface area is 149 Å². The van der Waals surface area contributed by atoms with Gasteiger partial charge in [-0.1, -0.05) is 60.7 Å². The van der Waals surface area contributed by atoms with E-state index in [4.69, 9.17) is 4.74 Å². The Kier molecular flexibility index (Phi) is 5.52. The summed E-state index contributed by atoms with van der Waals surface area (Å²) < 4.78 is 5.79. The fourth-order valence-electron chi connectivity index (χ4n) is 2.80. The molecule has 0 radical (unpaired) electrons. The van der Waals surface area contributed by atoms with Crippen molar-refractivity contribution in [3.63, 3.8) is 0 Å². The standard InChI is InChI=1S/C23H24O2/c1-17-8-9-20(14-18(17)2)15-23(24)21-10-12-22(13-11-21)25-16-19-6-4-3-5-7-19/h3-14,23-24H,15-16H2,1-2H3. The second-order valence-corrected chi connectivity index (χ2v) is 6.48. The van der Waals surface area contributed by atoms with Crippen LogP contribution in [0.4, 0.5) is 0 Å². The van der Waals surface area contributed by atoms with Crippen LogP contribution >= 0.6 is 0 Å². The lowest BCUT2D eigenvalue weighted by Gasteiger charge is -2.13. The van der Waals surface area contributed by atoms with Gasteiger partial charge in [0, 0.05) is 6.42 Å². The Morgan fingerprint density at radius 1 is 0.800 bits per heavy atom. The molecule has 0 saturated heterocycles. The Hall–Kier alpha value is -2.58. The van der Waals surface area contributed by atoms with Crippen LogP contribution in [0.1, 0.15) is 33.9 Å². The molecular formula is C23H24O2. The molecule has 0 aliphatic heterocycles. The number of hydrogen-bond acceptors (Lipinski definition) is 2. The average Bonchev–Trinajstić information content (AvgIpc) is 2.64. The van der Waals surface area contributed by atoms with Gasteiger partial charge in [0.05, 0.1) is 6.10 Å². The maximum absolute atomic E-state index is 10.5. The van der Waals surface area contributed by atoms with E-state index in [-0.39, 0.29) is 0 Å². The molecule has 3 aromatic rings. The van der Waals surface area contributed by atoms with Crippen LogP contribution in [-0.4, -0.2) is 5.11 Å². The number of rotatable bonds is 6. The predicted octanol–water partition coefficient (Wildman–Crippen LogP) is 5.16. The van der Waals surface area contributed by atoms with Crippen LogP contribution in [0, 0.1) is 13.8 Å². The Morgan fingerprint density at radius 2 is 1.52 bits per heavy atom. The van der Waals surface area contributed by atoms with Crippen LogP contribution in [0.3, 0.4) is 0 Å². The zero-order valence-corrected chi connectivity index (χ0v) is 14.8. The molecule has 0 aromatic heterocycles. The van der Waals surface area contributed by atoms with Crippen LogP contribution in [-0.2, 0) is 13.0 Å². The van der Waals surface area contributed by atoms with Gasteiger partial charge in [0.25, 0.3) is 0 Å². The Bertz CT molecular complexity index is 807. The minimum Gasteiger partial charge on any atom is -0.489 e. The molecule has 0 heterocycles. The summed E-state index contributed by atoms with van der Waals surface area (Å²) in [6.07, 6.45) is 0.107. The van der Waals surface area contributed by atoms with Crippen molar-refractivity contribution in [3.8, 4) is 5.75 Å². The van der Waals surface area contributed by atoms with E-state index in [9.17, 15) is 5.11 Å². The van der Waals surface area contributed by atoms with Gasteiger partial charge in [0.2, 0.25) is 0 Å². The highest BCUT2D eigenvalue weighted by molar-refractivity contribution is 5.33. The van der Waals surface area contributed by atoms with Crippen molar-refractivity contribution >= 4 is 0 Å². The topological polar surface area (TPSA) is 29.5 Å². The third kappa shape index (κ3) is 4.71. The van der Waals surface area contributed by atoms with Crippen LogP contribution in [0.15, 0.2) is 72.8 Å². The maximum Gasteiger partial charge on any atom is 0.119 e. The van der Waals surface area contributed by atoms with E-state index in [2.05, 4.69) is 32.0 Å². The van der Waals surface area contributed by atoms with Gasteiger partial charge in [-0.25, -0.2) is 0 Å². The lowest BCUT2D eigenvalue weighted by Crippen LogP contribution is -2.02. The first-order chi connectivity index (χ1) is 12.1. The summed E-state index contributed by atoms with van der Waals surface area (Å²) >= 11 is 0. The highest BCUT2D eigenvalue weighted by Gasteiger charge is 2.09. The van der Waals surface area contributed by atoms with E-state index in [1.54, 1.807) is 0 Å². The molecule has 0 fully saturated rings. The first kappa shape index (κ1) is 17.2. The van der Waals surface area contributed by atoms with E-state index < -0.39 is 6.10 Å². The molecule has 0 bridgehead atoms. The highest BCUT2D eigenvalue weighted by atomic mass is 16.5. The first-order valence-corrected chi connectivity index (χ1v) is 8.63. The molecule has 2 nitrogen and oxygen atoms in total. The summed E-state index contributed by atoms with van der Waals surface area (Å²) in [5.41, 5.74) is 5.74. The number of benzene rings is 3. The van der Waals surface area contributed by atoms with Crippen molar-refractivity contribution in [1.29, 1.82) is 0 Å². The fraction of sp³-hybridized carbons (Fsp3) is 0.217. The number of ether oxygens (including phenoxy) is 1. The molecule has 3 aromatic carbocycles. The van der Waals surface area contributed by atoms with Crippen LogP contribution in [0.25, 0.3) is 0 Å². The third-order valence-corrected chi connectivity index (χ3v) is 4.51. The highest BCUT2D eigenvalue weighted by Crippen LogP contribution is 2.23. The molecule has 0 amide bonds. The number of aliphatic hydroxyl groups excluding tert-OH is 1. The van der Waals surface area contributed by atoms with Crippen molar-refractivity contribution in [3.05, 3.63) is 101 Å². The Morgan fingerprint density at radius 3 is 2.20 bits per heavy atom. The van der Waals surface area contributed by atoms with Crippen molar-refractivity contribution < 1.29 is 9.84 Å². The molecule has 0 spiro atoms. The molecular weight excluding hydrogens is 308 g/mol. The lowest BCUT2D eigenvalue weighted by molar-refractivity contribution is 0.178. The van der Waals surface area contributed by atoms with E-state index >= 15 is 0 Å².